The molecule has 3 heterocycles. The van der Waals surface area contributed by atoms with Crippen molar-refractivity contribution in [1.82, 2.24) is 20.5 Å². The monoisotopic (exact) mass is 532 g/mol. The van der Waals surface area contributed by atoms with Crippen molar-refractivity contribution in [2.75, 3.05) is 26.8 Å². The number of aliphatic hydroxyl groups is 1. The van der Waals surface area contributed by atoms with E-state index in [2.05, 4.69) is 15.6 Å². The molecule has 39 heavy (non-hydrogen) atoms. The lowest BCUT2D eigenvalue weighted by molar-refractivity contribution is -0.132. The molecule has 3 amide bonds. The van der Waals surface area contributed by atoms with E-state index in [0.29, 0.717) is 37.4 Å². The summed E-state index contributed by atoms with van der Waals surface area (Å²) in [6, 6.07) is 15.0. The summed E-state index contributed by atoms with van der Waals surface area (Å²) in [6.45, 7) is 0.0731. The highest BCUT2D eigenvalue weighted by molar-refractivity contribution is 6.02. The number of ether oxygens (including phenoxy) is 1. The minimum atomic E-state index is -1.03. The van der Waals surface area contributed by atoms with E-state index in [0.717, 1.165) is 16.5 Å². The van der Waals surface area contributed by atoms with E-state index in [9.17, 15) is 24.3 Å². The molecule has 4 unspecified atom stereocenters. The SMILES string of the molecule is COc1cccc2[nH]c(C(=O)N3CC(c4ccccc4)CC3C(=O)NC(CC3CCNC3=O)C(=O)CO)cc12. The van der Waals surface area contributed by atoms with Gasteiger partial charge in [0.15, 0.2) is 5.78 Å². The van der Waals surface area contributed by atoms with E-state index in [-0.39, 0.29) is 24.2 Å². The number of methoxy groups -OCH3 is 1. The lowest BCUT2D eigenvalue weighted by atomic mass is 9.94. The number of nitrogens with zero attached hydrogens (tertiary/aromatic N) is 1. The lowest BCUT2D eigenvalue weighted by Crippen LogP contribution is -2.52. The number of carbonyl (C=O) groups is 4. The van der Waals surface area contributed by atoms with Gasteiger partial charge in [0.25, 0.3) is 5.91 Å². The molecule has 2 saturated heterocycles. The van der Waals surface area contributed by atoms with E-state index in [4.69, 9.17) is 4.74 Å². The van der Waals surface area contributed by atoms with E-state index < -0.39 is 36.3 Å². The van der Waals surface area contributed by atoms with Gasteiger partial charge in [-0.3, -0.25) is 19.2 Å². The van der Waals surface area contributed by atoms with Crippen molar-refractivity contribution in [3.8, 4) is 5.75 Å². The summed E-state index contributed by atoms with van der Waals surface area (Å²) in [4.78, 5) is 56.8. The van der Waals surface area contributed by atoms with Gasteiger partial charge < -0.3 is 30.4 Å². The van der Waals surface area contributed by atoms with Crippen LogP contribution in [0.25, 0.3) is 10.9 Å². The second kappa shape index (κ2) is 11.3. The lowest BCUT2D eigenvalue weighted by Gasteiger charge is -2.26. The van der Waals surface area contributed by atoms with Crippen molar-refractivity contribution in [3.05, 3.63) is 65.9 Å². The molecule has 204 valence electrons. The Hall–Kier alpha value is -4.18. The van der Waals surface area contributed by atoms with Crippen LogP contribution in [0.15, 0.2) is 54.6 Å². The van der Waals surface area contributed by atoms with Crippen LogP contribution in [0.3, 0.4) is 0 Å². The summed E-state index contributed by atoms with van der Waals surface area (Å²) in [5, 5.41) is 15.8. The van der Waals surface area contributed by atoms with Gasteiger partial charge in [-0.25, -0.2) is 0 Å². The molecule has 0 radical (unpaired) electrons. The van der Waals surface area contributed by atoms with E-state index in [1.807, 2.05) is 48.5 Å². The van der Waals surface area contributed by atoms with Crippen molar-refractivity contribution < 1.29 is 29.0 Å². The maximum absolute atomic E-state index is 13.8. The largest absolute Gasteiger partial charge is 0.496 e. The number of rotatable bonds is 9. The third-order valence-electron chi connectivity index (χ3n) is 7.75. The van der Waals surface area contributed by atoms with Crippen molar-refractivity contribution >= 4 is 34.4 Å². The first kappa shape index (κ1) is 26.4. The van der Waals surface area contributed by atoms with Gasteiger partial charge in [-0.05, 0) is 43.0 Å². The van der Waals surface area contributed by atoms with Crippen LogP contribution in [-0.2, 0) is 14.4 Å². The van der Waals surface area contributed by atoms with Gasteiger partial charge in [0.2, 0.25) is 11.8 Å². The van der Waals surface area contributed by atoms with Crippen LogP contribution in [-0.4, -0.2) is 77.4 Å². The molecule has 2 aliphatic heterocycles. The Morgan fingerprint density at radius 1 is 1.15 bits per heavy atom. The molecule has 10 heteroatoms. The molecule has 2 aliphatic rings. The predicted octanol–water partition coefficient (Wildman–Crippen LogP) is 1.75. The molecule has 5 rings (SSSR count). The van der Waals surface area contributed by atoms with Gasteiger partial charge in [-0.1, -0.05) is 36.4 Å². The average Bonchev–Trinajstić information content (AvgIpc) is 3.70. The zero-order valence-electron chi connectivity index (χ0n) is 21.7. The number of likely N-dealkylation sites (tertiary alicyclic amines) is 1. The van der Waals surface area contributed by atoms with Gasteiger partial charge in [-0.2, -0.15) is 0 Å². The number of carbonyl (C=O) groups excluding carboxylic acids is 4. The second-order valence-electron chi connectivity index (χ2n) is 10.1. The number of amides is 3. The summed E-state index contributed by atoms with van der Waals surface area (Å²) < 4.78 is 5.43. The fraction of sp³-hybridized carbons (Fsp3) is 0.379. The Morgan fingerprint density at radius 2 is 1.95 bits per heavy atom. The van der Waals surface area contributed by atoms with Gasteiger partial charge >= 0.3 is 0 Å². The predicted molar refractivity (Wildman–Crippen MR) is 143 cm³/mol. The molecular weight excluding hydrogens is 500 g/mol. The highest BCUT2D eigenvalue weighted by Crippen LogP contribution is 2.34. The summed E-state index contributed by atoms with van der Waals surface area (Å²) >= 11 is 0. The molecule has 3 aromatic rings. The quantitative estimate of drug-likeness (QED) is 0.331. The maximum Gasteiger partial charge on any atom is 0.271 e. The van der Waals surface area contributed by atoms with Crippen LogP contribution in [0.1, 0.15) is 41.2 Å². The van der Waals surface area contributed by atoms with Gasteiger partial charge in [0, 0.05) is 35.8 Å². The zero-order chi connectivity index (χ0) is 27.5. The summed E-state index contributed by atoms with van der Waals surface area (Å²) in [7, 11) is 1.56. The average molecular weight is 533 g/mol. The minimum absolute atomic E-state index is 0.0857. The molecule has 1 aromatic heterocycles. The summed E-state index contributed by atoms with van der Waals surface area (Å²) in [5.74, 6) is -1.45. The van der Waals surface area contributed by atoms with E-state index >= 15 is 0 Å². The van der Waals surface area contributed by atoms with Crippen molar-refractivity contribution in [2.45, 2.75) is 37.3 Å². The maximum atomic E-state index is 13.8. The van der Waals surface area contributed by atoms with Gasteiger partial charge in [-0.15, -0.1) is 0 Å². The van der Waals surface area contributed by atoms with Gasteiger partial charge in [0.05, 0.1) is 13.2 Å². The number of H-pyrrole nitrogens is 1. The summed E-state index contributed by atoms with van der Waals surface area (Å²) in [5.41, 5.74) is 2.07. The number of aliphatic hydroxyl groups excluding tert-OH is 1. The molecule has 2 aromatic carbocycles. The smallest absolute Gasteiger partial charge is 0.271 e. The molecule has 4 atom stereocenters. The highest BCUT2D eigenvalue weighted by Gasteiger charge is 2.42. The number of aromatic nitrogens is 1. The van der Waals surface area contributed by atoms with Crippen LogP contribution >= 0.6 is 0 Å². The van der Waals surface area contributed by atoms with Crippen molar-refractivity contribution in [1.29, 1.82) is 0 Å². The molecule has 10 nitrogen and oxygen atoms in total. The second-order valence-corrected chi connectivity index (χ2v) is 10.1. The number of nitrogens with one attached hydrogen (secondary N) is 3. The van der Waals surface area contributed by atoms with E-state index in [1.165, 1.54) is 4.90 Å². The number of hydrogen-bond acceptors (Lipinski definition) is 6. The Kier molecular flexibility index (Phi) is 7.65. The highest BCUT2D eigenvalue weighted by atomic mass is 16.5. The molecule has 0 saturated carbocycles. The fourth-order valence-electron chi connectivity index (χ4n) is 5.65. The third kappa shape index (κ3) is 5.37. The number of benzene rings is 2. The zero-order valence-corrected chi connectivity index (χ0v) is 21.7. The normalized spacial score (nSPS) is 21.5. The van der Waals surface area contributed by atoms with Crippen LogP contribution in [0, 0.1) is 5.92 Å². The van der Waals surface area contributed by atoms with Crippen LogP contribution in [0.2, 0.25) is 0 Å². The molecule has 2 fully saturated rings. The van der Waals surface area contributed by atoms with Crippen molar-refractivity contribution in [2.24, 2.45) is 5.92 Å². The first-order valence-corrected chi connectivity index (χ1v) is 13.1. The molecule has 0 spiro atoms. The van der Waals surface area contributed by atoms with Gasteiger partial charge in [0.1, 0.15) is 24.1 Å². The Labute approximate surface area is 225 Å². The minimum Gasteiger partial charge on any atom is -0.496 e. The number of hydrogen-bond donors (Lipinski definition) is 4. The Morgan fingerprint density at radius 3 is 2.64 bits per heavy atom. The molecular formula is C29H32N4O6. The number of aromatic amines is 1. The Balaban J connectivity index is 1.42. The molecule has 4 N–H and O–H groups in total. The third-order valence-corrected chi connectivity index (χ3v) is 7.75. The topological polar surface area (TPSA) is 141 Å². The van der Waals surface area contributed by atoms with E-state index in [1.54, 1.807) is 13.2 Å². The van der Waals surface area contributed by atoms with Crippen LogP contribution in [0.5, 0.6) is 5.75 Å². The van der Waals surface area contributed by atoms with Crippen molar-refractivity contribution in [3.63, 3.8) is 0 Å². The molecule has 0 bridgehead atoms. The number of ketones is 1. The first-order valence-electron chi connectivity index (χ1n) is 13.1. The number of fused-ring (bicyclic) bond motifs is 1. The Bertz CT molecular complexity index is 1390. The van der Waals surface area contributed by atoms with Crippen LogP contribution < -0.4 is 15.4 Å². The first-order chi connectivity index (χ1) is 18.9. The van der Waals surface area contributed by atoms with Crippen LogP contribution in [0.4, 0.5) is 0 Å². The number of Topliss-reactive ketones (excluding diaryl/α,β-unsaturated/α-hetero) is 1. The summed E-state index contributed by atoms with van der Waals surface area (Å²) in [6.07, 6.45) is 1.02. The molecule has 0 aliphatic carbocycles. The fourth-order valence-corrected chi connectivity index (χ4v) is 5.65. The standard InChI is InChI=1S/C29H32N4O6/c1-39-26-9-5-8-21-20(26)14-23(31-21)29(38)33-15-19(17-6-3-2-4-7-17)13-24(33)28(37)32-22(25(35)16-34)12-18-10-11-30-27(18)36/h2-9,14,18-19,22,24,31,34H,10-13,15-16H2,1H3,(H,30,36)(H,32,37).